The van der Waals surface area contributed by atoms with E-state index in [2.05, 4.69) is 5.32 Å². The number of hydrogen-bond acceptors (Lipinski definition) is 5. The number of hydrogen-bond donors (Lipinski definition) is 1. The molecule has 7 nitrogen and oxygen atoms in total. The van der Waals surface area contributed by atoms with Gasteiger partial charge in [-0.3, -0.25) is 14.9 Å². The van der Waals surface area contributed by atoms with E-state index in [-0.39, 0.29) is 22.0 Å². The van der Waals surface area contributed by atoms with Gasteiger partial charge in [-0.05, 0) is 60.7 Å². The van der Waals surface area contributed by atoms with Crippen molar-refractivity contribution in [2.24, 2.45) is 0 Å². The molecule has 0 heterocycles. The molecule has 0 saturated carbocycles. The first-order valence-corrected chi connectivity index (χ1v) is 9.87. The summed E-state index contributed by atoms with van der Waals surface area (Å²) in [5.74, 6) is -2.02. The van der Waals surface area contributed by atoms with Crippen molar-refractivity contribution in [3.63, 3.8) is 0 Å². The van der Waals surface area contributed by atoms with Gasteiger partial charge in [0, 0.05) is 22.3 Å². The summed E-state index contributed by atoms with van der Waals surface area (Å²) in [7, 11) is 0. The molecule has 12 heteroatoms. The topological polar surface area (TPSA) is 105 Å². The van der Waals surface area contributed by atoms with Gasteiger partial charge in [0.25, 0.3) is 5.91 Å². The number of carbonyl (C=O) groups is 1. The van der Waals surface area contributed by atoms with E-state index >= 15 is 0 Å². The second-order valence-corrected chi connectivity index (χ2v) is 7.29. The third-order valence-electron chi connectivity index (χ3n) is 4.44. The van der Waals surface area contributed by atoms with E-state index in [0.717, 1.165) is 24.3 Å². The molecule has 178 valence electrons. The molecule has 1 N–H and O–H groups in total. The smallest absolute Gasteiger partial charge is 0.416 e. The van der Waals surface area contributed by atoms with Gasteiger partial charge in [0.15, 0.2) is 0 Å². The zero-order valence-corrected chi connectivity index (χ0v) is 18.0. The molecule has 0 unspecified atom stereocenters. The Hall–Kier alpha value is -4.43. The van der Waals surface area contributed by atoms with Crippen LogP contribution in [0.5, 0.6) is 11.5 Å². The maximum absolute atomic E-state index is 13.1. The fourth-order valence-corrected chi connectivity index (χ4v) is 2.98. The summed E-state index contributed by atoms with van der Waals surface area (Å²) < 4.78 is 57.4. The largest absolute Gasteiger partial charge is 0.449 e. The molecule has 0 fully saturated rings. The molecule has 3 rings (SSSR count). The summed E-state index contributed by atoms with van der Waals surface area (Å²) >= 11 is 5.99. The Morgan fingerprint density at radius 3 is 2.34 bits per heavy atom. The molecule has 0 aliphatic rings. The number of nitro benzene ring substituents is 1. The highest BCUT2D eigenvalue weighted by atomic mass is 35.5. The Labute approximate surface area is 200 Å². The quantitative estimate of drug-likeness (QED) is 0.131. The Balaban J connectivity index is 1.98. The molecular weight excluding hydrogens is 494 g/mol. The van der Waals surface area contributed by atoms with E-state index in [9.17, 15) is 37.7 Å². The maximum atomic E-state index is 13.1. The molecular formula is C23H12ClF4N3O4. The highest BCUT2D eigenvalue weighted by Gasteiger charge is 2.33. The molecule has 0 aliphatic heterocycles. The van der Waals surface area contributed by atoms with Gasteiger partial charge < -0.3 is 10.1 Å². The average Bonchev–Trinajstić information content (AvgIpc) is 2.79. The number of nitriles is 1. The van der Waals surface area contributed by atoms with Crippen LogP contribution in [0.25, 0.3) is 6.08 Å². The molecule has 0 radical (unpaired) electrons. The summed E-state index contributed by atoms with van der Waals surface area (Å²) in [5.41, 5.74) is -2.36. The third-order valence-corrected chi connectivity index (χ3v) is 4.68. The van der Waals surface area contributed by atoms with Crippen LogP contribution in [0.4, 0.5) is 28.9 Å². The number of rotatable bonds is 6. The summed E-state index contributed by atoms with van der Waals surface area (Å²) in [5, 5.41) is 23.3. The number of ether oxygens (including phenoxy) is 1. The number of benzene rings is 3. The second kappa shape index (κ2) is 10.2. The number of carbonyl (C=O) groups excluding carboxylic acids is 1. The predicted octanol–water partition coefficient (Wildman–Crippen LogP) is 6.74. The van der Waals surface area contributed by atoms with Crippen molar-refractivity contribution in [1.29, 1.82) is 5.26 Å². The van der Waals surface area contributed by atoms with Crippen molar-refractivity contribution in [2.45, 2.75) is 6.18 Å². The number of nitro groups is 1. The molecule has 3 aromatic carbocycles. The van der Waals surface area contributed by atoms with Crippen molar-refractivity contribution < 1.29 is 32.0 Å². The summed E-state index contributed by atoms with van der Waals surface area (Å²) in [6.45, 7) is 0. The SMILES string of the molecule is N#C/C(=C\c1cc(Cl)ccc1Oc1ccc(C(F)(F)F)cc1[N+](=O)[O-])C(=O)Nc1ccc(F)cc1. The van der Waals surface area contributed by atoms with Crippen LogP contribution in [0.2, 0.25) is 5.02 Å². The molecule has 0 bridgehead atoms. The Morgan fingerprint density at radius 1 is 1.09 bits per heavy atom. The second-order valence-electron chi connectivity index (χ2n) is 6.85. The van der Waals surface area contributed by atoms with Gasteiger partial charge in [-0.2, -0.15) is 18.4 Å². The normalized spacial score (nSPS) is 11.5. The minimum atomic E-state index is -4.81. The lowest BCUT2D eigenvalue weighted by molar-refractivity contribution is -0.385. The minimum absolute atomic E-state index is 0.0394. The molecule has 0 spiro atoms. The van der Waals surface area contributed by atoms with Crippen molar-refractivity contribution in [2.75, 3.05) is 5.32 Å². The van der Waals surface area contributed by atoms with Gasteiger partial charge >= 0.3 is 11.9 Å². The first kappa shape index (κ1) is 25.2. The summed E-state index contributed by atoms with van der Waals surface area (Å²) in [6.07, 6.45) is -3.73. The van der Waals surface area contributed by atoms with Crippen LogP contribution >= 0.6 is 11.6 Å². The molecule has 3 aromatic rings. The molecule has 0 aliphatic carbocycles. The van der Waals surface area contributed by atoms with E-state index in [1.165, 1.54) is 30.3 Å². The molecule has 1 amide bonds. The Bertz CT molecular complexity index is 1370. The zero-order chi connectivity index (χ0) is 25.8. The molecule has 0 aromatic heterocycles. The monoisotopic (exact) mass is 505 g/mol. The van der Waals surface area contributed by atoms with Gasteiger partial charge in [0.05, 0.1) is 10.5 Å². The van der Waals surface area contributed by atoms with Crippen LogP contribution in [-0.2, 0) is 11.0 Å². The lowest BCUT2D eigenvalue weighted by Crippen LogP contribution is -2.13. The van der Waals surface area contributed by atoms with E-state index in [4.69, 9.17) is 16.3 Å². The third kappa shape index (κ3) is 6.33. The predicted molar refractivity (Wildman–Crippen MR) is 118 cm³/mol. The van der Waals surface area contributed by atoms with Crippen molar-refractivity contribution in [3.8, 4) is 17.6 Å². The summed E-state index contributed by atoms with van der Waals surface area (Å²) in [6, 6.07) is 12.1. The summed E-state index contributed by atoms with van der Waals surface area (Å²) in [4.78, 5) is 22.8. The fraction of sp³-hybridized carbons (Fsp3) is 0.0435. The van der Waals surface area contributed by atoms with Crippen LogP contribution in [-0.4, -0.2) is 10.8 Å². The van der Waals surface area contributed by atoms with Crippen LogP contribution in [0.1, 0.15) is 11.1 Å². The van der Waals surface area contributed by atoms with Crippen molar-refractivity contribution >= 4 is 35.0 Å². The molecule has 0 atom stereocenters. The molecule has 0 saturated heterocycles. The highest BCUT2D eigenvalue weighted by Crippen LogP contribution is 2.39. The maximum Gasteiger partial charge on any atom is 0.416 e. The van der Waals surface area contributed by atoms with Gasteiger partial charge in [0.1, 0.15) is 23.2 Å². The van der Waals surface area contributed by atoms with E-state index in [1.807, 2.05) is 0 Å². The standard InChI is InChI=1S/C23H12ClF4N3O4/c24-16-2-8-20(35-21-7-1-15(23(26,27)28)11-19(21)31(33)34)13(10-16)9-14(12-29)22(32)30-18-5-3-17(25)4-6-18/h1-11H,(H,30,32)/b14-9+. The Morgan fingerprint density at radius 2 is 1.74 bits per heavy atom. The van der Waals surface area contributed by atoms with Crippen LogP contribution in [0, 0.1) is 27.3 Å². The van der Waals surface area contributed by atoms with E-state index < -0.39 is 45.4 Å². The van der Waals surface area contributed by atoms with Gasteiger partial charge in [0.2, 0.25) is 5.75 Å². The van der Waals surface area contributed by atoms with Crippen LogP contribution in [0.3, 0.4) is 0 Å². The van der Waals surface area contributed by atoms with Gasteiger partial charge in [-0.25, -0.2) is 4.39 Å². The highest BCUT2D eigenvalue weighted by molar-refractivity contribution is 6.30. The van der Waals surface area contributed by atoms with Crippen LogP contribution in [0.15, 0.2) is 66.2 Å². The number of nitrogens with one attached hydrogen (secondary N) is 1. The van der Waals surface area contributed by atoms with Crippen molar-refractivity contribution in [1.82, 2.24) is 0 Å². The van der Waals surface area contributed by atoms with Gasteiger partial charge in [-0.15, -0.1) is 0 Å². The number of anilines is 1. The van der Waals surface area contributed by atoms with E-state index in [1.54, 1.807) is 6.07 Å². The van der Waals surface area contributed by atoms with Crippen LogP contribution < -0.4 is 10.1 Å². The minimum Gasteiger partial charge on any atom is -0.449 e. The number of nitrogens with zero attached hydrogens (tertiary/aromatic N) is 2. The number of amides is 1. The van der Waals surface area contributed by atoms with Gasteiger partial charge in [-0.1, -0.05) is 11.6 Å². The first-order valence-electron chi connectivity index (χ1n) is 9.49. The average molecular weight is 506 g/mol. The number of alkyl halides is 3. The fourth-order valence-electron chi connectivity index (χ4n) is 2.80. The van der Waals surface area contributed by atoms with Crippen molar-refractivity contribution in [3.05, 3.63) is 98.3 Å². The Kier molecular flexibility index (Phi) is 7.37. The van der Waals surface area contributed by atoms with E-state index in [0.29, 0.717) is 12.1 Å². The molecule has 35 heavy (non-hydrogen) atoms. The zero-order valence-electron chi connectivity index (χ0n) is 17.3. The first-order chi connectivity index (χ1) is 16.5. The lowest BCUT2D eigenvalue weighted by Gasteiger charge is -2.12. The lowest BCUT2D eigenvalue weighted by atomic mass is 10.1. The number of halogens is 5.